The lowest BCUT2D eigenvalue weighted by Gasteiger charge is -2.11. The van der Waals surface area contributed by atoms with Crippen LogP contribution in [0, 0.1) is 0 Å². The summed E-state index contributed by atoms with van der Waals surface area (Å²) in [6.45, 7) is 1.54. The SMILES string of the molecule is COc1ccc(C(=O)[C@@H](C)OC(=O)c2cnn(C)c2)cc1. The first-order chi connectivity index (χ1) is 10.0. The monoisotopic (exact) mass is 288 g/mol. The molecular formula is C15H16N2O4. The Hall–Kier alpha value is -2.63. The average Bonchev–Trinajstić information content (AvgIpc) is 2.93. The van der Waals surface area contributed by atoms with Crippen LogP contribution in [0.15, 0.2) is 36.7 Å². The molecule has 0 aliphatic carbocycles. The Kier molecular flexibility index (Phi) is 4.37. The minimum atomic E-state index is -0.869. The molecule has 2 aromatic rings. The predicted molar refractivity (Wildman–Crippen MR) is 75.4 cm³/mol. The number of esters is 1. The molecule has 0 saturated carbocycles. The van der Waals surface area contributed by atoms with E-state index in [4.69, 9.17) is 9.47 Å². The Balaban J connectivity index is 2.03. The lowest BCUT2D eigenvalue weighted by molar-refractivity contribution is 0.0318. The van der Waals surface area contributed by atoms with Crippen molar-refractivity contribution < 1.29 is 19.1 Å². The van der Waals surface area contributed by atoms with Gasteiger partial charge in [-0.15, -0.1) is 0 Å². The number of rotatable bonds is 5. The minimum absolute atomic E-state index is 0.269. The fourth-order valence-corrected chi connectivity index (χ4v) is 1.80. The summed E-state index contributed by atoms with van der Waals surface area (Å²) >= 11 is 0. The first-order valence-electron chi connectivity index (χ1n) is 6.39. The van der Waals surface area contributed by atoms with Crippen molar-refractivity contribution in [1.29, 1.82) is 0 Å². The van der Waals surface area contributed by atoms with Crippen LogP contribution in [0.4, 0.5) is 0 Å². The van der Waals surface area contributed by atoms with E-state index in [1.807, 2.05) is 0 Å². The summed E-state index contributed by atoms with van der Waals surface area (Å²) in [5, 5.41) is 3.88. The molecule has 6 nitrogen and oxygen atoms in total. The summed E-state index contributed by atoms with van der Waals surface area (Å²) in [5.41, 5.74) is 0.772. The summed E-state index contributed by atoms with van der Waals surface area (Å²) in [4.78, 5) is 24.0. The molecule has 1 atom stereocenters. The first kappa shape index (κ1) is 14.8. The Morgan fingerprint density at radius 1 is 1.19 bits per heavy atom. The van der Waals surface area contributed by atoms with Gasteiger partial charge in [0.15, 0.2) is 6.10 Å². The molecule has 0 unspecified atom stereocenters. The number of ether oxygens (including phenoxy) is 2. The number of aromatic nitrogens is 2. The van der Waals surface area contributed by atoms with Crippen LogP contribution >= 0.6 is 0 Å². The second-order valence-electron chi connectivity index (χ2n) is 4.54. The molecule has 0 saturated heterocycles. The summed E-state index contributed by atoms with van der Waals surface area (Å²) in [7, 11) is 3.25. The second-order valence-corrected chi connectivity index (χ2v) is 4.54. The number of methoxy groups -OCH3 is 1. The summed E-state index contributed by atoms with van der Waals surface area (Å²) < 4.78 is 11.7. The molecular weight excluding hydrogens is 272 g/mol. The number of hydrogen-bond donors (Lipinski definition) is 0. The van der Waals surface area contributed by atoms with Gasteiger partial charge in [-0.25, -0.2) is 4.79 Å². The van der Waals surface area contributed by atoms with Gasteiger partial charge in [-0.3, -0.25) is 9.48 Å². The van der Waals surface area contributed by atoms with E-state index in [0.717, 1.165) is 0 Å². The first-order valence-corrected chi connectivity index (χ1v) is 6.39. The van der Waals surface area contributed by atoms with Crippen molar-refractivity contribution in [2.24, 2.45) is 7.05 Å². The van der Waals surface area contributed by atoms with Crippen LogP contribution in [-0.4, -0.2) is 34.7 Å². The molecule has 2 rings (SSSR count). The van der Waals surface area contributed by atoms with Crippen molar-refractivity contribution in [3.05, 3.63) is 47.8 Å². The van der Waals surface area contributed by atoms with Crippen molar-refractivity contribution in [3.8, 4) is 5.75 Å². The van der Waals surface area contributed by atoms with E-state index in [2.05, 4.69) is 5.10 Å². The van der Waals surface area contributed by atoms with E-state index in [0.29, 0.717) is 16.9 Å². The van der Waals surface area contributed by atoms with E-state index >= 15 is 0 Å². The molecule has 110 valence electrons. The molecule has 1 aromatic heterocycles. The quantitative estimate of drug-likeness (QED) is 0.620. The zero-order chi connectivity index (χ0) is 15.4. The number of nitrogens with zero attached hydrogens (tertiary/aromatic N) is 2. The largest absolute Gasteiger partial charge is 0.497 e. The van der Waals surface area contributed by atoms with Crippen LogP contribution in [-0.2, 0) is 11.8 Å². The van der Waals surface area contributed by atoms with Crippen molar-refractivity contribution in [3.63, 3.8) is 0 Å². The molecule has 21 heavy (non-hydrogen) atoms. The third-order valence-electron chi connectivity index (χ3n) is 2.97. The maximum atomic E-state index is 12.2. The van der Waals surface area contributed by atoms with Gasteiger partial charge in [0, 0.05) is 18.8 Å². The Morgan fingerprint density at radius 2 is 1.86 bits per heavy atom. The molecule has 0 aliphatic rings. The van der Waals surface area contributed by atoms with Crippen LogP contribution in [0.25, 0.3) is 0 Å². The maximum absolute atomic E-state index is 12.2. The van der Waals surface area contributed by atoms with Crippen molar-refractivity contribution in [2.45, 2.75) is 13.0 Å². The molecule has 0 aliphatic heterocycles. The lowest BCUT2D eigenvalue weighted by Crippen LogP contribution is -2.24. The third-order valence-corrected chi connectivity index (χ3v) is 2.97. The number of ketones is 1. The molecule has 1 heterocycles. The number of Topliss-reactive ketones (excluding diaryl/α,β-unsaturated/α-hetero) is 1. The highest BCUT2D eigenvalue weighted by atomic mass is 16.5. The topological polar surface area (TPSA) is 70.4 Å². The normalized spacial score (nSPS) is 11.8. The summed E-state index contributed by atoms with van der Waals surface area (Å²) in [6, 6.07) is 6.64. The van der Waals surface area contributed by atoms with E-state index in [1.165, 1.54) is 17.1 Å². The highest BCUT2D eigenvalue weighted by molar-refractivity contribution is 6.01. The number of aryl methyl sites for hydroxylation is 1. The lowest BCUT2D eigenvalue weighted by atomic mass is 10.1. The van der Waals surface area contributed by atoms with Crippen LogP contribution < -0.4 is 4.74 Å². The van der Waals surface area contributed by atoms with Gasteiger partial charge in [-0.05, 0) is 31.2 Å². The maximum Gasteiger partial charge on any atom is 0.342 e. The van der Waals surface area contributed by atoms with Gasteiger partial charge in [0.1, 0.15) is 5.75 Å². The number of carbonyl (C=O) groups excluding carboxylic acids is 2. The molecule has 0 N–H and O–H groups in total. The predicted octanol–water partition coefficient (Wildman–Crippen LogP) is 1.86. The zero-order valence-electron chi connectivity index (χ0n) is 12.1. The van der Waals surface area contributed by atoms with Crippen LogP contribution in [0.1, 0.15) is 27.6 Å². The zero-order valence-corrected chi connectivity index (χ0v) is 12.1. The van der Waals surface area contributed by atoms with E-state index in [1.54, 1.807) is 45.3 Å². The Bertz CT molecular complexity index is 646. The summed E-state index contributed by atoms with van der Waals surface area (Å²) in [5.74, 6) is -0.182. The van der Waals surface area contributed by atoms with Crippen LogP contribution in [0.5, 0.6) is 5.75 Å². The van der Waals surface area contributed by atoms with E-state index in [-0.39, 0.29) is 5.78 Å². The average molecular weight is 288 g/mol. The van der Waals surface area contributed by atoms with E-state index in [9.17, 15) is 9.59 Å². The minimum Gasteiger partial charge on any atom is -0.497 e. The molecule has 0 radical (unpaired) electrons. The highest BCUT2D eigenvalue weighted by Crippen LogP contribution is 2.14. The third kappa shape index (κ3) is 3.47. The van der Waals surface area contributed by atoms with Gasteiger partial charge in [-0.2, -0.15) is 5.10 Å². The van der Waals surface area contributed by atoms with E-state index < -0.39 is 12.1 Å². The number of benzene rings is 1. The van der Waals surface area contributed by atoms with Crippen LogP contribution in [0.2, 0.25) is 0 Å². The highest BCUT2D eigenvalue weighted by Gasteiger charge is 2.21. The molecule has 0 fully saturated rings. The number of hydrogen-bond acceptors (Lipinski definition) is 5. The van der Waals surface area contributed by atoms with Gasteiger partial charge in [0.05, 0.1) is 18.9 Å². The fourth-order valence-electron chi connectivity index (χ4n) is 1.80. The van der Waals surface area contributed by atoms with Gasteiger partial charge in [0.2, 0.25) is 5.78 Å². The van der Waals surface area contributed by atoms with Crippen molar-refractivity contribution in [1.82, 2.24) is 9.78 Å². The smallest absolute Gasteiger partial charge is 0.342 e. The van der Waals surface area contributed by atoms with Crippen LogP contribution in [0.3, 0.4) is 0 Å². The molecule has 1 aromatic carbocycles. The molecule has 6 heteroatoms. The van der Waals surface area contributed by atoms with Crippen molar-refractivity contribution >= 4 is 11.8 Å². The summed E-state index contributed by atoms with van der Waals surface area (Å²) in [6.07, 6.45) is 2.06. The molecule has 0 bridgehead atoms. The number of carbonyl (C=O) groups is 2. The van der Waals surface area contributed by atoms with Crippen molar-refractivity contribution in [2.75, 3.05) is 7.11 Å². The molecule has 0 amide bonds. The second kappa shape index (κ2) is 6.21. The van der Waals surface area contributed by atoms with Gasteiger partial charge in [-0.1, -0.05) is 0 Å². The van der Waals surface area contributed by atoms with Gasteiger partial charge >= 0.3 is 5.97 Å². The standard InChI is InChI=1S/C15H16N2O4/c1-10(21-15(19)12-8-16-17(2)9-12)14(18)11-4-6-13(20-3)7-5-11/h4-10H,1-3H3/t10-/m1/s1. The molecule has 0 spiro atoms. The van der Waals surface area contributed by atoms with Gasteiger partial charge < -0.3 is 9.47 Å². The van der Waals surface area contributed by atoms with Gasteiger partial charge in [0.25, 0.3) is 0 Å². The fraction of sp³-hybridized carbons (Fsp3) is 0.267. The Labute approximate surface area is 122 Å². The Morgan fingerprint density at radius 3 is 2.38 bits per heavy atom.